The Morgan fingerprint density at radius 1 is 1.07 bits per heavy atom. The Hall–Kier alpha value is -3.08. The average molecular weight is 390 g/mol. The standard InChI is InChI=1S/C24H26N2O3/c1-24(2)13-19-21(20(27)14-24)22(25-23(28)26(19)3)17-10-7-11-18(12-17)29-15-16-8-5-4-6-9-16/h4-12,22H,13-15H2,1-3H3,(H,25,28). The second-order valence-electron chi connectivity index (χ2n) is 8.59. The van der Waals surface area contributed by atoms with Gasteiger partial charge >= 0.3 is 6.03 Å². The molecule has 0 saturated carbocycles. The molecular weight excluding hydrogens is 364 g/mol. The van der Waals surface area contributed by atoms with Gasteiger partial charge in [-0.25, -0.2) is 4.79 Å². The van der Waals surface area contributed by atoms with Crippen molar-refractivity contribution in [1.29, 1.82) is 0 Å². The number of nitrogens with zero attached hydrogens (tertiary/aromatic N) is 1. The molecule has 4 rings (SSSR count). The van der Waals surface area contributed by atoms with E-state index in [0.717, 1.165) is 16.8 Å². The van der Waals surface area contributed by atoms with Crippen LogP contribution in [0.5, 0.6) is 5.75 Å². The van der Waals surface area contributed by atoms with E-state index in [1.54, 1.807) is 11.9 Å². The summed E-state index contributed by atoms with van der Waals surface area (Å²) in [6.07, 6.45) is 1.19. The van der Waals surface area contributed by atoms with E-state index >= 15 is 0 Å². The monoisotopic (exact) mass is 390 g/mol. The maximum atomic E-state index is 13.0. The highest BCUT2D eigenvalue weighted by Crippen LogP contribution is 2.44. The molecular formula is C24H26N2O3. The van der Waals surface area contributed by atoms with Crippen molar-refractivity contribution < 1.29 is 14.3 Å². The molecule has 0 aromatic heterocycles. The summed E-state index contributed by atoms with van der Waals surface area (Å²) in [6.45, 7) is 4.61. The van der Waals surface area contributed by atoms with Gasteiger partial charge < -0.3 is 15.0 Å². The molecule has 150 valence electrons. The molecule has 1 aliphatic heterocycles. The molecule has 29 heavy (non-hydrogen) atoms. The Kier molecular flexibility index (Phi) is 4.91. The van der Waals surface area contributed by atoms with Gasteiger partial charge in [-0.05, 0) is 35.1 Å². The van der Waals surface area contributed by atoms with E-state index in [2.05, 4.69) is 19.2 Å². The number of hydrogen-bond acceptors (Lipinski definition) is 3. The van der Waals surface area contributed by atoms with Crippen LogP contribution < -0.4 is 10.1 Å². The van der Waals surface area contributed by atoms with Crippen molar-refractivity contribution >= 4 is 11.8 Å². The van der Waals surface area contributed by atoms with Gasteiger partial charge in [-0.3, -0.25) is 4.79 Å². The third kappa shape index (κ3) is 3.90. The number of urea groups is 1. The van der Waals surface area contributed by atoms with E-state index in [-0.39, 0.29) is 17.2 Å². The Morgan fingerprint density at radius 3 is 2.59 bits per heavy atom. The molecule has 5 nitrogen and oxygen atoms in total. The molecule has 0 fully saturated rings. The van der Waals surface area contributed by atoms with Crippen LogP contribution in [-0.2, 0) is 11.4 Å². The van der Waals surface area contributed by atoms with Gasteiger partial charge in [-0.2, -0.15) is 0 Å². The molecule has 2 aromatic carbocycles. The zero-order valence-corrected chi connectivity index (χ0v) is 17.1. The highest BCUT2D eigenvalue weighted by Gasteiger charge is 2.42. The van der Waals surface area contributed by atoms with Gasteiger partial charge in [0, 0.05) is 24.7 Å². The Balaban J connectivity index is 1.64. The second-order valence-corrected chi connectivity index (χ2v) is 8.59. The lowest BCUT2D eigenvalue weighted by Crippen LogP contribution is -2.49. The fourth-order valence-electron chi connectivity index (χ4n) is 4.12. The van der Waals surface area contributed by atoms with Crippen molar-refractivity contribution in [3.05, 3.63) is 77.0 Å². The molecule has 2 aromatic rings. The summed E-state index contributed by atoms with van der Waals surface area (Å²) >= 11 is 0. The van der Waals surface area contributed by atoms with E-state index in [1.165, 1.54) is 0 Å². The summed E-state index contributed by atoms with van der Waals surface area (Å²) in [6, 6.07) is 17.0. The van der Waals surface area contributed by atoms with E-state index < -0.39 is 6.04 Å². The lowest BCUT2D eigenvalue weighted by molar-refractivity contribution is -0.118. The van der Waals surface area contributed by atoms with Gasteiger partial charge in [-0.15, -0.1) is 0 Å². The van der Waals surface area contributed by atoms with Gasteiger partial charge in [0.05, 0.1) is 6.04 Å². The summed E-state index contributed by atoms with van der Waals surface area (Å²) in [5, 5.41) is 2.99. The molecule has 1 atom stereocenters. The van der Waals surface area contributed by atoms with E-state index in [9.17, 15) is 9.59 Å². The lowest BCUT2D eigenvalue weighted by Gasteiger charge is -2.42. The zero-order valence-electron chi connectivity index (χ0n) is 17.1. The summed E-state index contributed by atoms with van der Waals surface area (Å²) in [5.74, 6) is 0.814. The van der Waals surface area contributed by atoms with E-state index in [4.69, 9.17) is 4.74 Å². The maximum Gasteiger partial charge on any atom is 0.322 e. The van der Waals surface area contributed by atoms with Crippen LogP contribution in [0.1, 0.15) is 43.9 Å². The van der Waals surface area contributed by atoms with E-state index in [1.807, 2.05) is 54.6 Å². The number of amides is 2. The third-order valence-corrected chi connectivity index (χ3v) is 5.60. The van der Waals surface area contributed by atoms with Crippen molar-refractivity contribution in [3.63, 3.8) is 0 Å². The Bertz CT molecular complexity index is 979. The first kappa shape index (κ1) is 19.2. The van der Waals surface area contributed by atoms with Crippen LogP contribution in [0.25, 0.3) is 0 Å². The minimum absolute atomic E-state index is 0.101. The average Bonchev–Trinajstić information content (AvgIpc) is 2.69. The normalized spacial score (nSPS) is 20.9. The SMILES string of the molecule is CN1C(=O)NC(c2cccc(OCc3ccccc3)c2)C2=C1CC(C)(C)CC2=O. The first-order chi connectivity index (χ1) is 13.8. The summed E-state index contributed by atoms with van der Waals surface area (Å²) in [7, 11) is 1.73. The van der Waals surface area contributed by atoms with Crippen LogP contribution in [0.2, 0.25) is 0 Å². The van der Waals surface area contributed by atoms with Crippen molar-refractivity contribution in [1.82, 2.24) is 10.2 Å². The number of ketones is 1. The van der Waals surface area contributed by atoms with Gasteiger partial charge in [0.25, 0.3) is 0 Å². The molecule has 0 radical (unpaired) electrons. The third-order valence-electron chi connectivity index (χ3n) is 5.60. The van der Waals surface area contributed by atoms with Crippen LogP contribution in [0.15, 0.2) is 65.9 Å². The molecule has 1 unspecified atom stereocenters. The topological polar surface area (TPSA) is 58.6 Å². The number of hydrogen-bond donors (Lipinski definition) is 1. The fourth-order valence-corrected chi connectivity index (χ4v) is 4.12. The first-order valence-electron chi connectivity index (χ1n) is 9.91. The van der Waals surface area contributed by atoms with E-state index in [0.29, 0.717) is 30.8 Å². The fraction of sp³-hybridized carbons (Fsp3) is 0.333. The molecule has 1 N–H and O–H groups in total. The van der Waals surface area contributed by atoms with Crippen LogP contribution in [0, 0.1) is 5.41 Å². The number of carbonyl (C=O) groups excluding carboxylic acids is 2. The summed E-state index contributed by atoms with van der Waals surface area (Å²) < 4.78 is 5.94. The lowest BCUT2D eigenvalue weighted by atomic mass is 9.72. The molecule has 0 bridgehead atoms. The molecule has 1 aliphatic carbocycles. The van der Waals surface area contributed by atoms with Gasteiger partial charge in [0.2, 0.25) is 0 Å². The predicted octanol–water partition coefficient (Wildman–Crippen LogP) is 4.60. The minimum atomic E-state index is -0.447. The molecule has 2 aliphatic rings. The van der Waals surface area contributed by atoms with Crippen LogP contribution >= 0.6 is 0 Å². The van der Waals surface area contributed by atoms with Gasteiger partial charge in [-0.1, -0.05) is 56.3 Å². The highest BCUT2D eigenvalue weighted by molar-refractivity contribution is 6.01. The maximum absolute atomic E-state index is 13.0. The predicted molar refractivity (Wildman–Crippen MR) is 111 cm³/mol. The summed E-state index contributed by atoms with van der Waals surface area (Å²) in [4.78, 5) is 27.2. The van der Waals surface area contributed by atoms with Crippen molar-refractivity contribution in [3.8, 4) is 5.75 Å². The first-order valence-corrected chi connectivity index (χ1v) is 9.91. The number of nitrogens with one attached hydrogen (secondary N) is 1. The molecule has 0 spiro atoms. The van der Waals surface area contributed by atoms with Crippen LogP contribution in [0.3, 0.4) is 0 Å². The quantitative estimate of drug-likeness (QED) is 0.830. The van der Waals surface area contributed by atoms with Gasteiger partial charge in [0.1, 0.15) is 12.4 Å². The molecule has 2 amide bonds. The second kappa shape index (κ2) is 7.39. The number of rotatable bonds is 4. The zero-order chi connectivity index (χ0) is 20.6. The van der Waals surface area contributed by atoms with Crippen LogP contribution in [0.4, 0.5) is 4.79 Å². The number of Topliss-reactive ketones (excluding diaryl/α,β-unsaturated/α-hetero) is 1. The highest BCUT2D eigenvalue weighted by atomic mass is 16.5. The smallest absolute Gasteiger partial charge is 0.322 e. The Morgan fingerprint density at radius 2 is 1.83 bits per heavy atom. The van der Waals surface area contributed by atoms with Crippen molar-refractivity contribution in [2.24, 2.45) is 5.41 Å². The Labute approximate surface area is 171 Å². The van der Waals surface area contributed by atoms with Crippen molar-refractivity contribution in [2.75, 3.05) is 7.05 Å². The number of ether oxygens (including phenoxy) is 1. The number of carbonyl (C=O) groups is 2. The largest absolute Gasteiger partial charge is 0.489 e. The molecule has 5 heteroatoms. The van der Waals surface area contributed by atoms with Crippen molar-refractivity contribution in [2.45, 2.75) is 39.3 Å². The number of benzene rings is 2. The van der Waals surface area contributed by atoms with Gasteiger partial charge in [0.15, 0.2) is 5.78 Å². The minimum Gasteiger partial charge on any atom is -0.489 e. The number of allylic oxidation sites excluding steroid dienone is 1. The van der Waals surface area contributed by atoms with Crippen LogP contribution in [-0.4, -0.2) is 23.8 Å². The summed E-state index contributed by atoms with van der Waals surface area (Å²) in [5.41, 5.74) is 3.33. The molecule has 0 saturated heterocycles. The molecule has 1 heterocycles.